The molecule has 2 aromatic rings. The Balaban J connectivity index is 1.66. The minimum absolute atomic E-state index is 0.250. The number of amides is 1. The first-order valence-corrected chi connectivity index (χ1v) is 9.46. The molecule has 0 unspecified atom stereocenters. The summed E-state index contributed by atoms with van der Waals surface area (Å²) < 4.78 is 0. The van der Waals surface area contributed by atoms with E-state index in [1.807, 2.05) is 50.2 Å². The fourth-order valence-corrected chi connectivity index (χ4v) is 3.45. The average Bonchev–Trinajstić information content (AvgIpc) is 2.72. The molecule has 1 aromatic heterocycles. The van der Waals surface area contributed by atoms with Crippen molar-refractivity contribution in [3.05, 3.63) is 42.1 Å². The Morgan fingerprint density at radius 3 is 2.59 bits per heavy atom. The van der Waals surface area contributed by atoms with Crippen molar-refractivity contribution >= 4 is 11.7 Å². The molecule has 1 atom stereocenters. The standard InChI is InChI=1S/C20H27N5O2/c1-3-17(20(26)24-27)22-16-9-11-25(12-10-16)18-13-14(2)21-19(23-18)15-7-5-4-6-8-15/h4-8,13,16-17,22,27H,3,9-12H2,1-2H3,(H,24,26)/t17-/m0/s1. The Morgan fingerprint density at radius 2 is 1.96 bits per heavy atom. The predicted octanol–water partition coefficient (Wildman–Crippen LogP) is 2.29. The van der Waals surface area contributed by atoms with Crippen LogP contribution in [0.2, 0.25) is 0 Å². The molecular weight excluding hydrogens is 342 g/mol. The van der Waals surface area contributed by atoms with E-state index >= 15 is 0 Å². The summed E-state index contributed by atoms with van der Waals surface area (Å²) in [5.41, 5.74) is 3.70. The van der Waals surface area contributed by atoms with Crippen molar-refractivity contribution in [2.24, 2.45) is 0 Å². The normalized spacial score (nSPS) is 16.2. The lowest BCUT2D eigenvalue weighted by atomic mass is 10.0. The lowest BCUT2D eigenvalue weighted by molar-refractivity contribution is -0.131. The quantitative estimate of drug-likeness (QED) is 0.535. The zero-order chi connectivity index (χ0) is 19.2. The number of carbonyl (C=O) groups is 1. The van der Waals surface area contributed by atoms with Gasteiger partial charge in [-0.25, -0.2) is 15.4 Å². The van der Waals surface area contributed by atoms with Crippen LogP contribution in [0.4, 0.5) is 5.82 Å². The van der Waals surface area contributed by atoms with Gasteiger partial charge < -0.3 is 10.2 Å². The SMILES string of the molecule is CC[C@H](NC1CCN(c2cc(C)nc(-c3ccccc3)n2)CC1)C(=O)NO. The lowest BCUT2D eigenvalue weighted by Gasteiger charge is -2.34. The number of nitrogens with one attached hydrogen (secondary N) is 2. The van der Waals surface area contributed by atoms with Gasteiger partial charge in [-0.15, -0.1) is 0 Å². The Morgan fingerprint density at radius 1 is 1.26 bits per heavy atom. The number of aromatic nitrogens is 2. The van der Waals surface area contributed by atoms with E-state index in [0.29, 0.717) is 6.42 Å². The molecule has 0 bridgehead atoms. The first-order chi connectivity index (χ1) is 13.1. The van der Waals surface area contributed by atoms with Gasteiger partial charge in [0, 0.05) is 36.5 Å². The number of carbonyl (C=O) groups excluding carboxylic acids is 1. The van der Waals surface area contributed by atoms with Gasteiger partial charge >= 0.3 is 0 Å². The van der Waals surface area contributed by atoms with Gasteiger partial charge in [0.05, 0.1) is 6.04 Å². The number of nitrogens with zero attached hydrogens (tertiary/aromatic N) is 3. The predicted molar refractivity (Wildman–Crippen MR) is 105 cm³/mol. The third kappa shape index (κ3) is 4.81. The molecule has 0 aliphatic carbocycles. The smallest absolute Gasteiger partial charge is 0.260 e. The average molecular weight is 369 g/mol. The number of aryl methyl sites for hydroxylation is 1. The van der Waals surface area contributed by atoms with E-state index < -0.39 is 0 Å². The van der Waals surface area contributed by atoms with E-state index in [9.17, 15) is 4.79 Å². The molecule has 7 heteroatoms. The largest absolute Gasteiger partial charge is 0.356 e. The van der Waals surface area contributed by atoms with Gasteiger partial charge in [0.2, 0.25) is 0 Å². The summed E-state index contributed by atoms with van der Waals surface area (Å²) in [6.07, 6.45) is 2.47. The van der Waals surface area contributed by atoms with Gasteiger partial charge in [-0.1, -0.05) is 37.3 Å². The molecule has 1 fully saturated rings. The number of rotatable bonds is 6. The highest BCUT2D eigenvalue weighted by Crippen LogP contribution is 2.23. The second-order valence-corrected chi connectivity index (χ2v) is 6.92. The monoisotopic (exact) mass is 369 g/mol. The number of hydroxylamine groups is 1. The topological polar surface area (TPSA) is 90.4 Å². The van der Waals surface area contributed by atoms with Crippen LogP contribution in [-0.4, -0.2) is 46.3 Å². The van der Waals surface area contributed by atoms with Crippen LogP contribution in [0.25, 0.3) is 11.4 Å². The molecule has 1 aliphatic heterocycles. The Hall–Kier alpha value is -2.51. The van der Waals surface area contributed by atoms with E-state index in [1.165, 1.54) is 0 Å². The molecule has 1 saturated heterocycles. The number of hydrogen-bond acceptors (Lipinski definition) is 6. The van der Waals surface area contributed by atoms with E-state index in [4.69, 9.17) is 10.2 Å². The highest BCUT2D eigenvalue weighted by molar-refractivity contribution is 5.80. The molecule has 3 rings (SSSR count). The minimum Gasteiger partial charge on any atom is -0.356 e. The molecule has 2 heterocycles. The highest BCUT2D eigenvalue weighted by atomic mass is 16.5. The summed E-state index contributed by atoms with van der Waals surface area (Å²) in [6, 6.07) is 11.9. The van der Waals surface area contributed by atoms with Crippen molar-refractivity contribution in [1.82, 2.24) is 20.8 Å². The zero-order valence-electron chi connectivity index (χ0n) is 15.9. The molecule has 0 spiro atoms. The first kappa shape index (κ1) is 19.3. The minimum atomic E-state index is -0.376. The van der Waals surface area contributed by atoms with Crippen LogP contribution < -0.4 is 15.7 Å². The fraction of sp³-hybridized carbons (Fsp3) is 0.450. The van der Waals surface area contributed by atoms with Crippen molar-refractivity contribution in [3.63, 3.8) is 0 Å². The number of anilines is 1. The van der Waals surface area contributed by atoms with Gasteiger partial charge in [0.25, 0.3) is 5.91 Å². The second kappa shape index (κ2) is 8.92. The summed E-state index contributed by atoms with van der Waals surface area (Å²) in [5, 5.41) is 12.2. The molecule has 0 saturated carbocycles. The van der Waals surface area contributed by atoms with Crippen molar-refractivity contribution in [2.45, 2.75) is 45.2 Å². The third-order valence-corrected chi connectivity index (χ3v) is 4.96. The van der Waals surface area contributed by atoms with E-state index in [1.54, 1.807) is 5.48 Å². The van der Waals surface area contributed by atoms with Crippen molar-refractivity contribution in [2.75, 3.05) is 18.0 Å². The fourth-order valence-electron chi connectivity index (χ4n) is 3.45. The molecule has 3 N–H and O–H groups in total. The molecule has 1 aliphatic rings. The van der Waals surface area contributed by atoms with E-state index in [-0.39, 0.29) is 18.0 Å². The van der Waals surface area contributed by atoms with E-state index in [0.717, 1.165) is 48.8 Å². The molecule has 0 radical (unpaired) electrons. The molecular formula is C20H27N5O2. The maximum atomic E-state index is 11.7. The van der Waals surface area contributed by atoms with Gasteiger partial charge in [-0.2, -0.15) is 0 Å². The Labute approximate surface area is 159 Å². The van der Waals surface area contributed by atoms with Crippen LogP contribution >= 0.6 is 0 Å². The maximum Gasteiger partial charge on any atom is 0.260 e. The first-order valence-electron chi connectivity index (χ1n) is 9.46. The molecule has 27 heavy (non-hydrogen) atoms. The van der Waals surface area contributed by atoms with Crippen LogP contribution in [0, 0.1) is 6.92 Å². The van der Waals surface area contributed by atoms with Crippen molar-refractivity contribution in [3.8, 4) is 11.4 Å². The van der Waals surface area contributed by atoms with Gasteiger partial charge in [-0.05, 0) is 26.2 Å². The molecule has 144 valence electrons. The van der Waals surface area contributed by atoms with E-state index in [2.05, 4.69) is 15.2 Å². The third-order valence-electron chi connectivity index (χ3n) is 4.96. The highest BCUT2D eigenvalue weighted by Gasteiger charge is 2.25. The van der Waals surface area contributed by atoms with Crippen LogP contribution in [-0.2, 0) is 4.79 Å². The molecule has 7 nitrogen and oxygen atoms in total. The molecule has 1 aromatic carbocycles. The maximum absolute atomic E-state index is 11.7. The summed E-state index contributed by atoms with van der Waals surface area (Å²) in [4.78, 5) is 23.3. The Bertz CT molecular complexity index is 760. The lowest BCUT2D eigenvalue weighted by Crippen LogP contribution is -2.51. The summed E-state index contributed by atoms with van der Waals surface area (Å²) >= 11 is 0. The van der Waals surface area contributed by atoms with Gasteiger partial charge in [0.1, 0.15) is 5.82 Å². The van der Waals surface area contributed by atoms with Crippen LogP contribution in [0.5, 0.6) is 0 Å². The molecule has 1 amide bonds. The van der Waals surface area contributed by atoms with Crippen LogP contribution in [0.1, 0.15) is 31.9 Å². The number of hydrogen-bond donors (Lipinski definition) is 3. The van der Waals surface area contributed by atoms with Crippen LogP contribution in [0.15, 0.2) is 36.4 Å². The van der Waals surface area contributed by atoms with Crippen molar-refractivity contribution < 1.29 is 10.0 Å². The summed E-state index contributed by atoms with van der Waals surface area (Å²) in [5.74, 6) is 1.32. The Kier molecular flexibility index (Phi) is 6.36. The second-order valence-electron chi connectivity index (χ2n) is 6.92. The zero-order valence-corrected chi connectivity index (χ0v) is 15.9. The summed E-state index contributed by atoms with van der Waals surface area (Å²) in [6.45, 7) is 5.64. The van der Waals surface area contributed by atoms with Gasteiger partial charge in [0.15, 0.2) is 5.82 Å². The number of benzene rings is 1. The number of piperidine rings is 1. The summed E-state index contributed by atoms with van der Waals surface area (Å²) in [7, 11) is 0. The van der Waals surface area contributed by atoms with Gasteiger partial charge in [-0.3, -0.25) is 10.0 Å². The van der Waals surface area contributed by atoms with Crippen LogP contribution in [0.3, 0.4) is 0 Å². The van der Waals surface area contributed by atoms with Crippen molar-refractivity contribution in [1.29, 1.82) is 0 Å².